The van der Waals surface area contributed by atoms with E-state index in [2.05, 4.69) is 264 Å². The van der Waals surface area contributed by atoms with Crippen LogP contribution >= 0.6 is 0 Å². The molecule has 3 nitrogen and oxygen atoms in total. The van der Waals surface area contributed by atoms with Crippen molar-refractivity contribution in [3.8, 4) is 22.3 Å². The Hall–Kier alpha value is -7.62. The predicted octanol–water partition coefficient (Wildman–Crippen LogP) is 15.7. The minimum Gasteiger partial charge on any atom is -0.311 e. The minimum atomic E-state index is 1.10. The monoisotopic (exact) mass is 745 g/mol. The highest BCUT2D eigenvalue weighted by molar-refractivity contribution is 5.83. The van der Waals surface area contributed by atoms with Crippen molar-refractivity contribution in [3.05, 3.63) is 248 Å². The molecule has 9 aromatic carbocycles. The van der Waals surface area contributed by atoms with Crippen molar-refractivity contribution in [2.75, 3.05) is 14.7 Å². The first-order valence-corrected chi connectivity index (χ1v) is 19.8. The van der Waals surface area contributed by atoms with Gasteiger partial charge in [-0.3, -0.25) is 0 Å². The van der Waals surface area contributed by atoms with E-state index in [9.17, 15) is 0 Å². The van der Waals surface area contributed by atoms with E-state index in [0.29, 0.717) is 0 Å². The Morgan fingerprint density at radius 1 is 0.190 bits per heavy atom. The van der Waals surface area contributed by atoms with E-state index in [1.807, 2.05) is 0 Å². The van der Waals surface area contributed by atoms with Crippen molar-refractivity contribution >= 4 is 51.2 Å². The third-order valence-corrected chi connectivity index (χ3v) is 10.5. The summed E-state index contributed by atoms with van der Waals surface area (Å²) in [5, 5.41) is 0. The average Bonchev–Trinajstić information content (AvgIpc) is 3.30. The molecular weight excluding hydrogens is 703 g/mol. The molecular formula is C55H43N3. The zero-order chi connectivity index (χ0) is 39.1. The Morgan fingerprint density at radius 2 is 0.362 bits per heavy atom. The van der Waals surface area contributed by atoms with Crippen LogP contribution in [0.4, 0.5) is 51.2 Å². The maximum Gasteiger partial charge on any atom is 0.0462 e. The molecule has 0 heterocycles. The van der Waals surface area contributed by atoms with Gasteiger partial charge in [-0.05, 0) is 138 Å². The predicted molar refractivity (Wildman–Crippen MR) is 246 cm³/mol. The second-order valence-electron chi connectivity index (χ2n) is 14.4. The van der Waals surface area contributed by atoms with Crippen molar-refractivity contribution in [1.82, 2.24) is 0 Å². The molecule has 3 heteroatoms. The number of benzene rings is 9. The first-order valence-electron chi connectivity index (χ1n) is 19.8. The number of aryl methyl sites for hydroxylation is 1. The zero-order valence-electron chi connectivity index (χ0n) is 32.4. The molecule has 58 heavy (non-hydrogen) atoms. The van der Waals surface area contributed by atoms with E-state index in [-0.39, 0.29) is 0 Å². The topological polar surface area (TPSA) is 9.72 Å². The average molecular weight is 746 g/mol. The van der Waals surface area contributed by atoms with Gasteiger partial charge >= 0.3 is 0 Å². The molecule has 9 aromatic rings. The van der Waals surface area contributed by atoms with Crippen LogP contribution in [0.3, 0.4) is 0 Å². The highest BCUT2D eigenvalue weighted by Crippen LogP contribution is 2.40. The van der Waals surface area contributed by atoms with Gasteiger partial charge in [-0.2, -0.15) is 0 Å². The van der Waals surface area contributed by atoms with Gasteiger partial charge < -0.3 is 14.7 Å². The van der Waals surface area contributed by atoms with Crippen LogP contribution in [0, 0.1) is 6.92 Å². The maximum absolute atomic E-state index is 2.32. The smallest absolute Gasteiger partial charge is 0.0462 e. The molecule has 0 saturated heterocycles. The summed E-state index contributed by atoms with van der Waals surface area (Å²) < 4.78 is 0. The zero-order valence-corrected chi connectivity index (χ0v) is 32.4. The van der Waals surface area contributed by atoms with Crippen molar-refractivity contribution < 1.29 is 0 Å². The van der Waals surface area contributed by atoms with Crippen molar-refractivity contribution in [3.63, 3.8) is 0 Å². The van der Waals surface area contributed by atoms with Crippen LogP contribution in [0.5, 0.6) is 0 Å². The van der Waals surface area contributed by atoms with Crippen molar-refractivity contribution in [2.45, 2.75) is 6.92 Å². The van der Waals surface area contributed by atoms with E-state index in [4.69, 9.17) is 0 Å². The lowest BCUT2D eigenvalue weighted by atomic mass is 10.0. The summed E-state index contributed by atoms with van der Waals surface area (Å²) >= 11 is 0. The summed E-state index contributed by atoms with van der Waals surface area (Å²) in [6, 6.07) is 86.3. The van der Waals surface area contributed by atoms with Gasteiger partial charge in [-0.1, -0.05) is 139 Å². The molecule has 0 unspecified atom stereocenters. The summed E-state index contributed by atoms with van der Waals surface area (Å²) in [4.78, 5) is 6.91. The van der Waals surface area contributed by atoms with Gasteiger partial charge in [0.15, 0.2) is 0 Å². The first-order chi connectivity index (χ1) is 28.7. The van der Waals surface area contributed by atoms with Crippen LogP contribution in [-0.4, -0.2) is 0 Å². The van der Waals surface area contributed by atoms with Crippen molar-refractivity contribution in [1.29, 1.82) is 0 Å². The molecule has 9 rings (SSSR count). The largest absolute Gasteiger partial charge is 0.311 e. The van der Waals surface area contributed by atoms with Crippen LogP contribution in [0.15, 0.2) is 243 Å². The number of anilines is 9. The van der Waals surface area contributed by atoms with Gasteiger partial charge in [0, 0.05) is 51.2 Å². The van der Waals surface area contributed by atoms with Gasteiger partial charge in [0.1, 0.15) is 0 Å². The third-order valence-electron chi connectivity index (χ3n) is 10.5. The van der Waals surface area contributed by atoms with E-state index in [0.717, 1.165) is 51.2 Å². The summed E-state index contributed by atoms with van der Waals surface area (Å²) in [6.45, 7) is 2.12. The van der Waals surface area contributed by atoms with Crippen LogP contribution in [0.25, 0.3) is 22.3 Å². The van der Waals surface area contributed by atoms with Crippen molar-refractivity contribution in [2.24, 2.45) is 0 Å². The fraction of sp³-hybridized carbons (Fsp3) is 0.0182. The van der Waals surface area contributed by atoms with Crippen LogP contribution < -0.4 is 14.7 Å². The SMILES string of the molecule is Cc1ccc(N(c2ccccc2)c2ccc(-c3ccc(N(c4ccccc4)c4ccc(-c5ccc(N(c6ccccc6)c6ccccc6)cc5)cc4)cc3)cc2)cc1. The Labute approximate surface area is 342 Å². The fourth-order valence-corrected chi connectivity index (χ4v) is 7.56. The van der Waals surface area contributed by atoms with Gasteiger partial charge in [-0.15, -0.1) is 0 Å². The van der Waals surface area contributed by atoms with Gasteiger partial charge in [0.25, 0.3) is 0 Å². The molecule has 0 saturated carbocycles. The third kappa shape index (κ3) is 7.75. The van der Waals surface area contributed by atoms with Gasteiger partial charge in [-0.25, -0.2) is 0 Å². The molecule has 0 N–H and O–H groups in total. The summed E-state index contributed by atoms with van der Waals surface area (Å²) in [5.41, 5.74) is 16.0. The normalized spacial score (nSPS) is 10.8. The lowest BCUT2D eigenvalue weighted by Crippen LogP contribution is -2.10. The van der Waals surface area contributed by atoms with E-state index >= 15 is 0 Å². The summed E-state index contributed by atoms with van der Waals surface area (Å²) in [5.74, 6) is 0. The molecule has 0 aromatic heterocycles. The molecule has 0 amide bonds. The highest BCUT2D eigenvalue weighted by Gasteiger charge is 2.16. The Kier molecular flexibility index (Phi) is 10.3. The van der Waals surface area contributed by atoms with Gasteiger partial charge in [0.05, 0.1) is 0 Å². The Morgan fingerprint density at radius 3 is 0.569 bits per heavy atom. The maximum atomic E-state index is 2.32. The van der Waals surface area contributed by atoms with Crippen LogP contribution in [-0.2, 0) is 0 Å². The fourth-order valence-electron chi connectivity index (χ4n) is 7.56. The van der Waals surface area contributed by atoms with E-state index in [1.54, 1.807) is 0 Å². The number of rotatable bonds is 11. The molecule has 0 radical (unpaired) electrons. The Bertz CT molecular complexity index is 2620. The first kappa shape index (κ1) is 36.0. The lowest BCUT2D eigenvalue weighted by Gasteiger charge is -2.26. The molecule has 278 valence electrons. The summed E-state index contributed by atoms with van der Waals surface area (Å²) in [7, 11) is 0. The molecule has 0 spiro atoms. The molecule has 0 bridgehead atoms. The number of hydrogen-bond acceptors (Lipinski definition) is 3. The molecule has 0 fully saturated rings. The van der Waals surface area contributed by atoms with Crippen LogP contribution in [0.2, 0.25) is 0 Å². The quantitative estimate of drug-likeness (QED) is 0.131. The summed E-state index contributed by atoms with van der Waals surface area (Å²) in [6.07, 6.45) is 0. The highest BCUT2D eigenvalue weighted by atomic mass is 15.2. The minimum absolute atomic E-state index is 1.10. The molecule has 0 atom stereocenters. The molecule has 0 aliphatic heterocycles. The van der Waals surface area contributed by atoms with E-state index < -0.39 is 0 Å². The number of nitrogens with zero attached hydrogens (tertiary/aromatic N) is 3. The van der Waals surface area contributed by atoms with Gasteiger partial charge in [0.2, 0.25) is 0 Å². The van der Waals surface area contributed by atoms with Crippen LogP contribution in [0.1, 0.15) is 5.56 Å². The number of hydrogen-bond donors (Lipinski definition) is 0. The number of para-hydroxylation sites is 4. The second kappa shape index (κ2) is 16.6. The molecule has 0 aliphatic carbocycles. The molecule has 0 aliphatic rings. The second-order valence-corrected chi connectivity index (χ2v) is 14.4. The Balaban J connectivity index is 0.970. The van der Waals surface area contributed by atoms with E-state index in [1.165, 1.54) is 27.8 Å². The lowest BCUT2D eigenvalue weighted by molar-refractivity contribution is 1.27. The standard InChI is InChI=1S/C55H43N3/c1-42-22-32-51(33-23-42)57(49-18-10-4-11-19-49)53-36-26-44(27-37-53)46-30-40-55(41-31-46)58(50-20-12-5-13-21-50)54-38-28-45(29-39-54)43-24-34-52(35-25-43)56(47-14-6-2-7-15-47)48-16-8-3-9-17-48/h2-41H,1H3.